The lowest BCUT2D eigenvalue weighted by molar-refractivity contribution is -0.128. The fourth-order valence-electron chi connectivity index (χ4n) is 1.52. The van der Waals surface area contributed by atoms with E-state index in [4.69, 9.17) is 9.52 Å². The van der Waals surface area contributed by atoms with Crippen LogP contribution in [0.25, 0.3) is 0 Å². The van der Waals surface area contributed by atoms with Crippen molar-refractivity contribution < 1.29 is 14.3 Å². The number of nitrogens with one attached hydrogen (secondary N) is 2. The summed E-state index contributed by atoms with van der Waals surface area (Å²) in [6.45, 7) is 4.76. The van der Waals surface area contributed by atoms with Gasteiger partial charge in [-0.2, -0.15) is 0 Å². The third-order valence-electron chi connectivity index (χ3n) is 2.58. The molecule has 1 heterocycles. The van der Waals surface area contributed by atoms with Crippen LogP contribution in [0.2, 0.25) is 0 Å². The first-order valence-electron chi connectivity index (χ1n) is 5.61. The lowest BCUT2D eigenvalue weighted by Gasteiger charge is -2.22. The molecular weight excluding hydrogens is 220 g/mol. The molecule has 17 heavy (non-hydrogen) atoms. The minimum atomic E-state index is -0.457. The van der Waals surface area contributed by atoms with Crippen LogP contribution in [0.4, 0.5) is 0 Å². The Labute approximate surface area is 101 Å². The fraction of sp³-hybridized carbons (Fsp3) is 0.583. The van der Waals surface area contributed by atoms with E-state index >= 15 is 0 Å². The molecule has 0 spiro atoms. The number of hydrogen-bond acceptors (Lipinski definition) is 4. The quantitative estimate of drug-likeness (QED) is 0.682. The average Bonchev–Trinajstić information content (AvgIpc) is 2.75. The highest BCUT2D eigenvalue weighted by Gasteiger charge is 2.25. The van der Waals surface area contributed by atoms with Crippen molar-refractivity contribution in [2.24, 2.45) is 5.41 Å². The molecule has 1 aromatic heterocycles. The van der Waals surface area contributed by atoms with Crippen LogP contribution < -0.4 is 10.6 Å². The topological polar surface area (TPSA) is 74.5 Å². The van der Waals surface area contributed by atoms with E-state index in [-0.39, 0.29) is 12.5 Å². The number of carbonyl (C=O) groups excluding carboxylic acids is 1. The highest BCUT2D eigenvalue weighted by molar-refractivity contribution is 5.81. The van der Waals surface area contributed by atoms with Crippen LogP contribution in [0.1, 0.15) is 25.4 Å². The number of carbonyl (C=O) groups is 1. The first-order valence-corrected chi connectivity index (χ1v) is 5.61. The SMILES string of the molecule is CNC(=O)C(C)(C)CNCc1ccc(CO)o1. The summed E-state index contributed by atoms with van der Waals surface area (Å²) in [5.74, 6) is 1.30. The monoisotopic (exact) mass is 240 g/mol. The van der Waals surface area contributed by atoms with Crippen LogP contribution >= 0.6 is 0 Å². The predicted molar refractivity (Wildman–Crippen MR) is 64.2 cm³/mol. The highest BCUT2D eigenvalue weighted by atomic mass is 16.4. The van der Waals surface area contributed by atoms with E-state index in [9.17, 15) is 4.79 Å². The molecule has 0 aromatic carbocycles. The second kappa shape index (κ2) is 5.84. The molecule has 1 rings (SSSR count). The first-order chi connectivity index (χ1) is 7.99. The second-order valence-electron chi connectivity index (χ2n) is 4.59. The van der Waals surface area contributed by atoms with Gasteiger partial charge in [0.25, 0.3) is 0 Å². The van der Waals surface area contributed by atoms with Crippen molar-refractivity contribution >= 4 is 5.91 Å². The molecule has 5 heteroatoms. The normalized spacial score (nSPS) is 11.5. The molecule has 0 aliphatic heterocycles. The van der Waals surface area contributed by atoms with Gasteiger partial charge >= 0.3 is 0 Å². The van der Waals surface area contributed by atoms with Crippen LogP contribution in [-0.2, 0) is 17.9 Å². The molecule has 0 radical (unpaired) electrons. The molecule has 1 aromatic rings. The van der Waals surface area contributed by atoms with E-state index in [1.54, 1.807) is 13.1 Å². The van der Waals surface area contributed by atoms with Crippen molar-refractivity contribution in [3.63, 3.8) is 0 Å². The van der Waals surface area contributed by atoms with Gasteiger partial charge in [0.1, 0.15) is 18.1 Å². The molecule has 0 aliphatic carbocycles. The van der Waals surface area contributed by atoms with Gasteiger partial charge in [0.15, 0.2) is 0 Å². The predicted octanol–water partition coefficient (Wildman–Crippen LogP) is 0.634. The van der Waals surface area contributed by atoms with Crippen molar-refractivity contribution in [3.8, 4) is 0 Å². The van der Waals surface area contributed by atoms with E-state index in [2.05, 4.69) is 10.6 Å². The Hall–Kier alpha value is -1.33. The zero-order valence-electron chi connectivity index (χ0n) is 10.5. The summed E-state index contributed by atoms with van der Waals surface area (Å²) in [6, 6.07) is 3.55. The highest BCUT2D eigenvalue weighted by Crippen LogP contribution is 2.14. The molecule has 5 nitrogen and oxygen atoms in total. The average molecular weight is 240 g/mol. The standard InChI is InChI=1S/C12H20N2O3/c1-12(2,11(16)13-3)8-14-6-9-4-5-10(7-15)17-9/h4-5,14-15H,6-8H2,1-3H3,(H,13,16). The minimum absolute atomic E-state index is 0.000456. The number of hydrogen-bond donors (Lipinski definition) is 3. The van der Waals surface area contributed by atoms with Gasteiger partial charge in [0, 0.05) is 13.6 Å². The van der Waals surface area contributed by atoms with E-state index in [1.807, 2.05) is 19.9 Å². The summed E-state index contributed by atoms with van der Waals surface area (Å²) in [4.78, 5) is 11.5. The van der Waals surface area contributed by atoms with Crippen molar-refractivity contribution in [1.29, 1.82) is 0 Å². The molecule has 0 aliphatic rings. The van der Waals surface area contributed by atoms with Crippen molar-refractivity contribution in [1.82, 2.24) is 10.6 Å². The Morgan fingerprint density at radius 1 is 1.41 bits per heavy atom. The Morgan fingerprint density at radius 2 is 2.06 bits per heavy atom. The van der Waals surface area contributed by atoms with Gasteiger partial charge < -0.3 is 20.2 Å². The maximum absolute atomic E-state index is 11.5. The third kappa shape index (κ3) is 3.87. The van der Waals surface area contributed by atoms with Crippen molar-refractivity contribution in [2.75, 3.05) is 13.6 Å². The smallest absolute Gasteiger partial charge is 0.226 e. The Kier molecular flexibility index (Phi) is 4.72. The molecule has 1 amide bonds. The van der Waals surface area contributed by atoms with E-state index in [1.165, 1.54) is 0 Å². The summed E-state index contributed by atoms with van der Waals surface area (Å²) in [5.41, 5.74) is -0.457. The third-order valence-corrected chi connectivity index (χ3v) is 2.58. The molecule has 96 valence electrons. The number of amides is 1. The zero-order chi connectivity index (χ0) is 12.9. The fourth-order valence-corrected chi connectivity index (χ4v) is 1.52. The maximum atomic E-state index is 11.5. The van der Waals surface area contributed by atoms with Gasteiger partial charge in [0.2, 0.25) is 5.91 Å². The maximum Gasteiger partial charge on any atom is 0.226 e. The second-order valence-corrected chi connectivity index (χ2v) is 4.59. The van der Waals surface area contributed by atoms with E-state index < -0.39 is 5.41 Å². The lowest BCUT2D eigenvalue weighted by atomic mass is 9.92. The van der Waals surface area contributed by atoms with Gasteiger partial charge in [-0.3, -0.25) is 4.79 Å². The number of furan rings is 1. The van der Waals surface area contributed by atoms with Gasteiger partial charge in [-0.25, -0.2) is 0 Å². The van der Waals surface area contributed by atoms with E-state index in [0.717, 1.165) is 5.76 Å². The molecule has 0 saturated heterocycles. The molecule has 3 N–H and O–H groups in total. The summed E-state index contributed by atoms with van der Waals surface area (Å²) in [5, 5.41) is 14.6. The van der Waals surface area contributed by atoms with Crippen LogP contribution in [0, 0.1) is 5.41 Å². The largest absolute Gasteiger partial charge is 0.462 e. The van der Waals surface area contributed by atoms with Gasteiger partial charge in [0.05, 0.1) is 12.0 Å². The molecule has 0 fully saturated rings. The van der Waals surface area contributed by atoms with Crippen molar-refractivity contribution in [2.45, 2.75) is 27.0 Å². The summed E-state index contributed by atoms with van der Waals surface area (Å²) in [6.07, 6.45) is 0. The van der Waals surface area contributed by atoms with Crippen LogP contribution in [0.15, 0.2) is 16.5 Å². The summed E-state index contributed by atoms with van der Waals surface area (Å²) in [7, 11) is 1.63. The van der Waals surface area contributed by atoms with Crippen LogP contribution in [-0.4, -0.2) is 24.6 Å². The Bertz CT molecular complexity index is 372. The van der Waals surface area contributed by atoms with Crippen LogP contribution in [0.5, 0.6) is 0 Å². The van der Waals surface area contributed by atoms with Gasteiger partial charge in [-0.05, 0) is 26.0 Å². The molecule has 0 saturated carbocycles. The van der Waals surface area contributed by atoms with Crippen molar-refractivity contribution in [3.05, 3.63) is 23.7 Å². The lowest BCUT2D eigenvalue weighted by Crippen LogP contribution is -2.41. The number of aliphatic hydroxyl groups is 1. The van der Waals surface area contributed by atoms with E-state index in [0.29, 0.717) is 18.8 Å². The molecular formula is C12H20N2O3. The van der Waals surface area contributed by atoms with Gasteiger partial charge in [-0.1, -0.05) is 0 Å². The molecule has 0 bridgehead atoms. The number of aliphatic hydroxyl groups excluding tert-OH is 1. The summed E-state index contributed by atoms with van der Waals surface area (Å²) >= 11 is 0. The minimum Gasteiger partial charge on any atom is -0.462 e. The Morgan fingerprint density at radius 3 is 2.59 bits per heavy atom. The van der Waals surface area contributed by atoms with Crippen LogP contribution in [0.3, 0.4) is 0 Å². The zero-order valence-corrected chi connectivity index (χ0v) is 10.5. The number of rotatable bonds is 6. The Balaban J connectivity index is 2.39. The van der Waals surface area contributed by atoms with Gasteiger partial charge in [-0.15, -0.1) is 0 Å². The molecule has 0 unspecified atom stereocenters. The first kappa shape index (κ1) is 13.7. The summed E-state index contributed by atoms with van der Waals surface area (Å²) < 4.78 is 5.32. The molecule has 0 atom stereocenters.